The van der Waals surface area contributed by atoms with Gasteiger partial charge in [0, 0.05) is 13.1 Å². The van der Waals surface area contributed by atoms with E-state index in [4.69, 9.17) is 10.5 Å². The Kier molecular flexibility index (Phi) is 4.74. The lowest BCUT2D eigenvalue weighted by atomic mass is 10.0. The molecule has 3 atom stereocenters. The number of ether oxygens (including phenoxy) is 1. The second kappa shape index (κ2) is 6.94. The first kappa shape index (κ1) is 15.7. The first-order valence-electron chi connectivity index (χ1n) is 7.94. The van der Waals surface area contributed by atoms with E-state index in [1.165, 1.54) is 0 Å². The molecule has 4 nitrogen and oxygen atoms in total. The number of morpholine rings is 1. The molecule has 0 radical (unpaired) electrons. The molecule has 2 aromatic rings. The number of nitrogens with zero attached hydrogens (tertiary/aromatic N) is 1. The largest absolute Gasteiger partial charge is 0.368 e. The Labute approximate surface area is 136 Å². The van der Waals surface area contributed by atoms with E-state index in [0.29, 0.717) is 13.1 Å². The predicted octanol–water partition coefficient (Wildman–Crippen LogP) is 2.68. The standard InChI is InChI=1S/C19H22N2O2/c1-14-12-21(13-17(23-14)15-8-4-2-5-9-15)18(19(20)22)16-10-6-3-7-11-16/h2-11,14,17-18H,12-13H2,1H3,(H2,20,22)/t14-,17-,18+/m1/s1. The van der Waals surface area contributed by atoms with Gasteiger partial charge in [-0.15, -0.1) is 0 Å². The molecule has 2 aromatic carbocycles. The van der Waals surface area contributed by atoms with Gasteiger partial charge in [-0.05, 0) is 18.1 Å². The van der Waals surface area contributed by atoms with Crippen molar-refractivity contribution in [1.29, 1.82) is 0 Å². The summed E-state index contributed by atoms with van der Waals surface area (Å²) in [5.41, 5.74) is 7.76. The van der Waals surface area contributed by atoms with Gasteiger partial charge in [0.1, 0.15) is 6.04 Å². The highest BCUT2D eigenvalue weighted by Gasteiger charge is 2.34. The number of amides is 1. The van der Waals surface area contributed by atoms with E-state index in [1.807, 2.05) is 55.5 Å². The first-order valence-corrected chi connectivity index (χ1v) is 7.94. The number of primary amides is 1. The minimum Gasteiger partial charge on any atom is -0.368 e. The highest BCUT2D eigenvalue weighted by molar-refractivity contribution is 5.81. The quantitative estimate of drug-likeness (QED) is 0.944. The van der Waals surface area contributed by atoms with Crippen LogP contribution in [-0.4, -0.2) is 30.0 Å². The summed E-state index contributed by atoms with van der Waals surface area (Å²) in [5, 5.41) is 0. The lowest BCUT2D eigenvalue weighted by Gasteiger charge is -2.40. The van der Waals surface area contributed by atoms with Crippen LogP contribution in [-0.2, 0) is 9.53 Å². The van der Waals surface area contributed by atoms with Crippen LogP contribution in [0.25, 0.3) is 0 Å². The fraction of sp³-hybridized carbons (Fsp3) is 0.316. The van der Waals surface area contributed by atoms with Gasteiger partial charge in [0.25, 0.3) is 0 Å². The van der Waals surface area contributed by atoms with Crippen molar-refractivity contribution in [3.05, 3.63) is 71.8 Å². The molecular formula is C19H22N2O2. The van der Waals surface area contributed by atoms with Crippen molar-refractivity contribution in [3.63, 3.8) is 0 Å². The van der Waals surface area contributed by atoms with Crippen LogP contribution < -0.4 is 5.73 Å². The summed E-state index contributed by atoms with van der Waals surface area (Å²) in [4.78, 5) is 14.2. The van der Waals surface area contributed by atoms with Crippen molar-refractivity contribution < 1.29 is 9.53 Å². The summed E-state index contributed by atoms with van der Waals surface area (Å²) < 4.78 is 6.07. The molecule has 1 fully saturated rings. The second-order valence-corrected chi connectivity index (χ2v) is 6.02. The van der Waals surface area contributed by atoms with Gasteiger partial charge < -0.3 is 10.5 Å². The molecule has 0 aromatic heterocycles. The van der Waals surface area contributed by atoms with Crippen LogP contribution >= 0.6 is 0 Å². The van der Waals surface area contributed by atoms with Crippen LogP contribution in [0, 0.1) is 0 Å². The zero-order valence-corrected chi connectivity index (χ0v) is 13.3. The molecule has 1 aliphatic rings. The summed E-state index contributed by atoms with van der Waals surface area (Å²) in [6.45, 7) is 3.37. The van der Waals surface area contributed by atoms with E-state index in [1.54, 1.807) is 0 Å². The SMILES string of the molecule is C[C@@H]1CN([C@H](C(N)=O)c2ccccc2)C[C@H](c2ccccc2)O1. The van der Waals surface area contributed by atoms with E-state index < -0.39 is 6.04 Å². The lowest BCUT2D eigenvalue weighted by molar-refractivity contribution is -0.131. The molecule has 3 rings (SSSR count). The normalized spacial score (nSPS) is 23.3. The Hall–Kier alpha value is -2.17. The summed E-state index contributed by atoms with van der Waals surface area (Å²) in [6, 6.07) is 19.4. The fourth-order valence-electron chi connectivity index (χ4n) is 3.24. The van der Waals surface area contributed by atoms with Gasteiger partial charge in [-0.2, -0.15) is 0 Å². The highest BCUT2D eigenvalue weighted by atomic mass is 16.5. The zero-order valence-electron chi connectivity index (χ0n) is 13.3. The number of rotatable bonds is 4. The van der Waals surface area contributed by atoms with Crippen molar-refractivity contribution in [2.75, 3.05) is 13.1 Å². The van der Waals surface area contributed by atoms with Gasteiger partial charge in [-0.25, -0.2) is 0 Å². The molecule has 4 heteroatoms. The first-order chi connectivity index (χ1) is 11.1. The third-order valence-corrected chi connectivity index (χ3v) is 4.21. The van der Waals surface area contributed by atoms with E-state index in [2.05, 4.69) is 17.0 Å². The van der Waals surface area contributed by atoms with E-state index in [9.17, 15) is 4.79 Å². The van der Waals surface area contributed by atoms with Gasteiger partial charge in [0.05, 0.1) is 12.2 Å². The second-order valence-electron chi connectivity index (χ2n) is 6.02. The van der Waals surface area contributed by atoms with Crippen molar-refractivity contribution in [1.82, 2.24) is 4.90 Å². The average Bonchev–Trinajstić information content (AvgIpc) is 2.56. The minimum absolute atomic E-state index is 0.0412. The summed E-state index contributed by atoms with van der Waals surface area (Å²) >= 11 is 0. The summed E-state index contributed by atoms with van der Waals surface area (Å²) in [6.07, 6.45) is -0.00923. The molecule has 120 valence electrons. The Bertz CT molecular complexity index is 645. The van der Waals surface area contributed by atoms with E-state index in [-0.39, 0.29) is 18.1 Å². The number of hydrogen-bond acceptors (Lipinski definition) is 3. The van der Waals surface area contributed by atoms with Crippen LogP contribution in [0.3, 0.4) is 0 Å². The molecule has 0 aliphatic carbocycles. The molecule has 1 saturated heterocycles. The molecule has 1 aliphatic heterocycles. The van der Waals surface area contributed by atoms with Crippen LogP contribution in [0.15, 0.2) is 60.7 Å². The smallest absolute Gasteiger partial charge is 0.239 e. The van der Waals surface area contributed by atoms with Crippen molar-refractivity contribution in [2.45, 2.75) is 25.2 Å². The van der Waals surface area contributed by atoms with Gasteiger partial charge in [0.15, 0.2) is 0 Å². The van der Waals surface area contributed by atoms with Crippen molar-refractivity contribution >= 4 is 5.91 Å². The molecule has 0 saturated carbocycles. The van der Waals surface area contributed by atoms with Crippen LogP contribution in [0.1, 0.15) is 30.2 Å². The average molecular weight is 310 g/mol. The molecule has 1 heterocycles. The molecule has 0 spiro atoms. The molecular weight excluding hydrogens is 288 g/mol. The van der Waals surface area contributed by atoms with Gasteiger partial charge in [0.2, 0.25) is 5.91 Å². The topological polar surface area (TPSA) is 55.6 Å². The Morgan fingerprint density at radius 2 is 1.70 bits per heavy atom. The predicted molar refractivity (Wildman–Crippen MR) is 89.7 cm³/mol. The maximum absolute atomic E-state index is 12.1. The Balaban J connectivity index is 1.86. The van der Waals surface area contributed by atoms with Gasteiger partial charge in [-0.3, -0.25) is 9.69 Å². The van der Waals surface area contributed by atoms with Crippen molar-refractivity contribution in [3.8, 4) is 0 Å². The number of hydrogen-bond donors (Lipinski definition) is 1. The van der Waals surface area contributed by atoms with Crippen LogP contribution in [0.5, 0.6) is 0 Å². The van der Waals surface area contributed by atoms with E-state index in [0.717, 1.165) is 11.1 Å². The third-order valence-electron chi connectivity index (χ3n) is 4.21. The van der Waals surface area contributed by atoms with Crippen LogP contribution in [0.4, 0.5) is 0 Å². The highest BCUT2D eigenvalue weighted by Crippen LogP contribution is 2.30. The molecule has 2 N–H and O–H groups in total. The minimum atomic E-state index is -0.422. The summed E-state index contributed by atoms with van der Waals surface area (Å²) in [5.74, 6) is -0.322. The van der Waals surface area contributed by atoms with Gasteiger partial charge in [-0.1, -0.05) is 60.7 Å². The lowest BCUT2D eigenvalue weighted by Crippen LogP contribution is -2.48. The monoisotopic (exact) mass is 310 g/mol. The molecule has 1 amide bonds. The molecule has 0 bridgehead atoms. The van der Waals surface area contributed by atoms with E-state index >= 15 is 0 Å². The Morgan fingerprint density at radius 1 is 1.09 bits per heavy atom. The molecule has 23 heavy (non-hydrogen) atoms. The zero-order chi connectivity index (χ0) is 16.2. The maximum atomic E-state index is 12.1. The fourth-order valence-corrected chi connectivity index (χ4v) is 3.24. The van der Waals surface area contributed by atoms with Crippen LogP contribution in [0.2, 0.25) is 0 Å². The molecule has 0 unspecified atom stereocenters. The number of benzene rings is 2. The maximum Gasteiger partial charge on any atom is 0.239 e. The number of carbonyl (C=O) groups excluding carboxylic acids is 1. The summed E-state index contributed by atoms with van der Waals surface area (Å²) in [7, 11) is 0. The van der Waals surface area contributed by atoms with Gasteiger partial charge >= 0.3 is 0 Å². The number of nitrogens with two attached hydrogens (primary N) is 1. The number of carbonyl (C=O) groups is 1. The third kappa shape index (κ3) is 3.60. The Morgan fingerprint density at radius 3 is 2.30 bits per heavy atom. The van der Waals surface area contributed by atoms with Crippen molar-refractivity contribution in [2.24, 2.45) is 5.73 Å².